The number of hydrogen-bond donors (Lipinski definition) is 3. The Morgan fingerprint density at radius 3 is 2.85 bits per heavy atom. The van der Waals surface area contributed by atoms with Crippen LogP contribution in [-0.2, 0) is 9.53 Å². The number of ether oxygens (including phenoxy) is 1. The molecular formula is C16H20F2N7O2+. The number of alkyl halides is 2. The molecule has 0 radical (unpaired) electrons. The van der Waals surface area contributed by atoms with Crippen molar-refractivity contribution in [1.82, 2.24) is 15.2 Å². The molecule has 1 unspecified atom stereocenters. The number of nitrogens with two attached hydrogens (primary N) is 1. The largest absolute Gasteiger partial charge is 0.482 e. The molecule has 2 heterocycles. The van der Waals surface area contributed by atoms with E-state index in [1.165, 1.54) is 38.2 Å². The Morgan fingerprint density at radius 2 is 2.22 bits per heavy atom. The highest BCUT2D eigenvalue weighted by Crippen LogP contribution is 2.17. The highest BCUT2D eigenvalue weighted by molar-refractivity contribution is 6.17. The first-order valence-electron chi connectivity index (χ1n) is 7.86. The number of nitrogens with zero attached hydrogens (tertiary/aromatic N) is 4. The Hall–Kier alpha value is -3.37. The maximum absolute atomic E-state index is 13.0. The summed E-state index contributed by atoms with van der Waals surface area (Å²) in [6, 6.07) is 3.66. The maximum atomic E-state index is 13.0. The van der Waals surface area contributed by atoms with E-state index in [-0.39, 0.29) is 23.1 Å². The molecule has 0 saturated carbocycles. The first-order valence-corrected chi connectivity index (χ1v) is 7.86. The molecule has 0 aromatic carbocycles. The van der Waals surface area contributed by atoms with Crippen molar-refractivity contribution >= 4 is 17.9 Å². The molecule has 0 aliphatic rings. The van der Waals surface area contributed by atoms with Crippen LogP contribution in [0.4, 0.5) is 14.6 Å². The van der Waals surface area contributed by atoms with E-state index in [0.29, 0.717) is 5.69 Å². The molecule has 27 heavy (non-hydrogen) atoms. The second-order valence-corrected chi connectivity index (χ2v) is 5.42. The quantitative estimate of drug-likeness (QED) is 0.287. The van der Waals surface area contributed by atoms with Gasteiger partial charge < -0.3 is 15.8 Å². The number of carbonyl (C=O) groups excluding carboxylic acids is 1. The van der Waals surface area contributed by atoms with Crippen LogP contribution in [0.25, 0.3) is 11.5 Å². The van der Waals surface area contributed by atoms with E-state index in [4.69, 9.17) is 10.5 Å². The van der Waals surface area contributed by atoms with Gasteiger partial charge >= 0.3 is 0 Å². The summed E-state index contributed by atoms with van der Waals surface area (Å²) in [6.07, 6.45) is -0.0606. The Kier molecular flexibility index (Phi) is 6.52. The number of amides is 1. The van der Waals surface area contributed by atoms with Gasteiger partial charge in [-0.05, 0) is 19.1 Å². The standard InChI is InChI=1S/C16H19F2N7O2/c1-9(13(17)18)25-8-21-24-15(25)11-5-4-6-12(22-11)23-16(26)10(7-20-2)14(19)27-3/h4-9,13H,1-3H3,(H3,19,20,22,23,26)/p+1. The number of aromatic nitrogens is 4. The lowest BCUT2D eigenvalue weighted by Gasteiger charge is -2.10. The number of pyridine rings is 1. The Morgan fingerprint density at radius 1 is 1.48 bits per heavy atom. The fourth-order valence-corrected chi connectivity index (χ4v) is 2.18. The van der Waals surface area contributed by atoms with Gasteiger partial charge in [0.15, 0.2) is 5.88 Å². The van der Waals surface area contributed by atoms with E-state index < -0.39 is 18.4 Å². The van der Waals surface area contributed by atoms with Crippen molar-refractivity contribution in [2.45, 2.75) is 19.4 Å². The van der Waals surface area contributed by atoms with E-state index in [0.717, 1.165) is 0 Å². The average Bonchev–Trinajstić information content (AvgIpc) is 3.14. The lowest BCUT2D eigenvalue weighted by atomic mass is 10.2. The van der Waals surface area contributed by atoms with Gasteiger partial charge in [0.25, 0.3) is 24.5 Å². The molecule has 0 saturated heterocycles. The number of carbonyl (C=O) groups is 1. The molecule has 0 aliphatic heterocycles. The number of hydrogen-bond acceptors (Lipinski definition) is 6. The molecule has 0 bridgehead atoms. The number of aromatic amines is 1. The summed E-state index contributed by atoms with van der Waals surface area (Å²) in [6.45, 7) is 1.37. The van der Waals surface area contributed by atoms with Crippen LogP contribution in [0.5, 0.6) is 0 Å². The number of aliphatic imine (C=N–C) groups is 1. The number of anilines is 1. The fourth-order valence-electron chi connectivity index (χ4n) is 2.18. The Bertz CT molecular complexity index is 864. The molecule has 11 heteroatoms. The molecule has 144 valence electrons. The number of nitrogens with one attached hydrogen (secondary N) is 2. The van der Waals surface area contributed by atoms with Gasteiger partial charge in [-0.3, -0.25) is 9.79 Å². The van der Waals surface area contributed by atoms with Crippen LogP contribution in [0.15, 0.2) is 41.0 Å². The van der Waals surface area contributed by atoms with Crippen molar-refractivity contribution in [1.29, 1.82) is 0 Å². The summed E-state index contributed by atoms with van der Waals surface area (Å²) in [7, 11) is 2.81. The van der Waals surface area contributed by atoms with E-state index >= 15 is 0 Å². The molecule has 2 aromatic heterocycles. The molecular weight excluding hydrogens is 360 g/mol. The van der Waals surface area contributed by atoms with Crippen molar-refractivity contribution in [3.8, 4) is 11.5 Å². The molecule has 0 spiro atoms. The molecule has 9 nitrogen and oxygen atoms in total. The van der Waals surface area contributed by atoms with Crippen molar-refractivity contribution in [3.05, 3.63) is 36.0 Å². The van der Waals surface area contributed by atoms with E-state index in [2.05, 4.69) is 25.5 Å². The van der Waals surface area contributed by atoms with Crippen LogP contribution < -0.4 is 15.6 Å². The number of rotatable bonds is 7. The van der Waals surface area contributed by atoms with Crippen LogP contribution >= 0.6 is 0 Å². The first kappa shape index (κ1) is 19.9. The number of H-pyrrole nitrogens is 1. The summed E-state index contributed by atoms with van der Waals surface area (Å²) >= 11 is 0. The minimum absolute atomic E-state index is 0.0233. The highest BCUT2D eigenvalue weighted by Gasteiger charge is 2.26. The van der Waals surface area contributed by atoms with Crippen molar-refractivity contribution in [3.63, 3.8) is 0 Å². The summed E-state index contributed by atoms with van der Waals surface area (Å²) in [4.78, 5) is 20.4. The predicted octanol–water partition coefficient (Wildman–Crippen LogP) is 1.04. The van der Waals surface area contributed by atoms with Crippen molar-refractivity contribution in [2.75, 3.05) is 19.5 Å². The zero-order valence-corrected chi connectivity index (χ0v) is 15.0. The third-order valence-electron chi connectivity index (χ3n) is 3.64. The second kappa shape index (κ2) is 8.83. The van der Waals surface area contributed by atoms with Gasteiger partial charge in [0, 0.05) is 18.4 Å². The highest BCUT2D eigenvalue weighted by atomic mass is 19.3. The summed E-state index contributed by atoms with van der Waals surface area (Å²) < 4.78 is 32.2. The van der Waals surface area contributed by atoms with E-state index in [1.54, 1.807) is 18.2 Å². The maximum Gasteiger partial charge on any atom is 0.284 e. The van der Waals surface area contributed by atoms with Gasteiger partial charge in [-0.15, -0.1) is 5.10 Å². The van der Waals surface area contributed by atoms with E-state index in [1.807, 2.05) is 0 Å². The molecule has 1 atom stereocenters. The number of halogens is 2. The first-order chi connectivity index (χ1) is 12.9. The molecule has 0 aliphatic carbocycles. The third kappa shape index (κ3) is 4.63. The Balaban J connectivity index is 2.32. The minimum atomic E-state index is -2.58. The van der Waals surface area contributed by atoms with Gasteiger partial charge in [-0.1, -0.05) is 6.07 Å². The molecule has 0 fully saturated rings. The Labute approximate surface area is 154 Å². The monoisotopic (exact) mass is 380 g/mol. The molecule has 1 amide bonds. The zero-order chi connectivity index (χ0) is 20.0. The summed E-state index contributed by atoms with van der Waals surface area (Å²) in [5.41, 5.74) is 5.99. The van der Waals surface area contributed by atoms with Crippen molar-refractivity contribution in [2.24, 2.45) is 10.7 Å². The molecule has 4 N–H and O–H groups in total. The topological polar surface area (TPSA) is 122 Å². The van der Waals surface area contributed by atoms with Crippen molar-refractivity contribution < 1.29 is 22.9 Å². The van der Waals surface area contributed by atoms with Crippen LogP contribution in [0.1, 0.15) is 13.0 Å². The van der Waals surface area contributed by atoms with E-state index in [9.17, 15) is 13.6 Å². The predicted molar refractivity (Wildman–Crippen MR) is 94.0 cm³/mol. The van der Waals surface area contributed by atoms with Crippen LogP contribution in [0, 0.1) is 0 Å². The van der Waals surface area contributed by atoms with Gasteiger partial charge in [0.1, 0.15) is 23.1 Å². The van der Waals surface area contributed by atoms with Gasteiger partial charge in [0.2, 0.25) is 0 Å². The zero-order valence-electron chi connectivity index (χ0n) is 15.0. The average molecular weight is 380 g/mol. The molecule has 2 rings (SSSR count). The summed E-state index contributed by atoms with van der Waals surface area (Å²) in [5, 5.41) is 9.01. The third-order valence-corrected chi connectivity index (χ3v) is 3.64. The van der Waals surface area contributed by atoms with Crippen LogP contribution in [0.3, 0.4) is 0 Å². The fraction of sp³-hybridized carbons (Fsp3) is 0.312. The lowest BCUT2D eigenvalue weighted by molar-refractivity contribution is -0.719. The smallest absolute Gasteiger partial charge is 0.284 e. The van der Waals surface area contributed by atoms with Gasteiger partial charge in [-0.2, -0.15) is 0 Å². The van der Waals surface area contributed by atoms with Gasteiger partial charge in [0.05, 0.1) is 7.11 Å². The normalized spacial score (nSPS) is 13.6. The minimum Gasteiger partial charge on any atom is -0.482 e. The SMILES string of the molecule is CN=CC(C(=O)Nc1cccc(-c2[nH]nc[n+]2C(C)C(F)F)n1)=C(N)OC. The lowest BCUT2D eigenvalue weighted by Crippen LogP contribution is -2.42. The van der Waals surface area contributed by atoms with Crippen LogP contribution in [0.2, 0.25) is 0 Å². The summed E-state index contributed by atoms with van der Waals surface area (Å²) in [5.74, 6) is -0.218. The second-order valence-electron chi connectivity index (χ2n) is 5.42. The molecule has 2 aromatic rings. The van der Waals surface area contributed by atoms with Crippen LogP contribution in [-0.4, -0.2) is 47.9 Å². The number of methoxy groups -OCH3 is 1. The van der Waals surface area contributed by atoms with Gasteiger partial charge in [-0.25, -0.2) is 18.3 Å².